The van der Waals surface area contributed by atoms with Crippen molar-refractivity contribution >= 4 is 28.7 Å². The minimum absolute atomic E-state index is 0.0966. The average Bonchev–Trinajstić information content (AvgIpc) is 3.26. The molecule has 2 aromatic carbocycles. The average molecular weight is 438 g/mol. The molecular formula is C20H21F3N4O4. The second-order valence-electron chi connectivity index (χ2n) is 6.97. The SMILES string of the molecule is COc1cc([N+](=O)[O-])ccc1NC(=O)CNc1cc(C(F)(F)F)ccc1N1CCCC1. The van der Waals surface area contributed by atoms with E-state index in [0.29, 0.717) is 5.69 Å². The van der Waals surface area contributed by atoms with Gasteiger partial charge in [-0.3, -0.25) is 14.9 Å². The number of non-ortho nitro benzene ring substituents is 1. The second-order valence-corrected chi connectivity index (χ2v) is 6.97. The van der Waals surface area contributed by atoms with E-state index >= 15 is 0 Å². The molecule has 0 unspecified atom stereocenters. The minimum atomic E-state index is -4.51. The molecule has 0 saturated carbocycles. The minimum Gasteiger partial charge on any atom is -0.494 e. The summed E-state index contributed by atoms with van der Waals surface area (Å²) in [5.41, 5.74) is 0.0139. The van der Waals surface area contributed by atoms with Crippen molar-refractivity contribution in [3.05, 3.63) is 52.1 Å². The van der Waals surface area contributed by atoms with E-state index in [1.807, 2.05) is 4.90 Å². The maximum absolute atomic E-state index is 13.2. The number of carbonyl (C=O) groups excluding carboxylic acids is 1. The van der Waals surface area contributed by atoms with Crippen LogP contribution >= 0.6 is 0 Å². The lowest BCUT2D eigenvalue weighted by Gasteiger charge is -2.23. The Kier molecular flexibility index (Phi) is 6.52. The number of nitrogens with one attached hydrogen (secondary N) is 2. The van der Waals surface area contributed by atoms with E-state index in [4.69, 9.17) is 4.74 Å². The Morgan fingerprint density at radius 2 is 1.87 bits per heavy atom. The number of ether oxygens (including phenoxy) is 1. The van der Waals surface area contributed by atoms with Gasteiger partial charge in [0.25, 0.3) is 5.69 Å². The number of methoxy groups -OCH3 is 1. The molecule has 1 amide bonds. The number of carbonyl (C=O) groups is 1. The maximum atomic E-state index is 13.2. The summed E-state index contributed by atoms with van der Waals surface area (Å²) < 4.78 is 44.5. The summed E-state index contributed by atoms with van der Waals surface area (Å²) in [7, 11) is 1.30. The second kappa shape index (κ2) is 9.11. The van der Waals surface area contributed by atoms with Crippen LogP contribution in [0.1, 0.15) is 18.4 Å². The largest absolute Gasteiger partial charge is 0.494 e. The van der Waals surface area contributed by atoms with Gasteiger partial charge in [0.05, 0.1) is 47.3 Å². The fourth-order valence-electron chi connectivity index (χ4n) is 3.35. The third-order valence-corrected chi connectivity index (χ3v) is 4.88. The van der Waals surface area contributed by atoms with Crippen LogP contribution < -0.4 is 20.3 Å². The van der Waals surface area contributed by atoms with Gasteiger partial charge in [-0.2, -0.15) is 13.2 Å². The number of anilines is 3. The molecule has 0 radical (unpaired) electrons. The highest BCUT2D eigenvalue weighted by atomic mass is 19.4. The van der Waals surface area contributed by atoms with Crippen LogP contribution in [0.15, 0.2) is 36.4 Å². The number of alkyl halides is 3. The van der Waals surface area contributed by atoms with E-state index in [-0.39, 0.29) is 29.4 Å². The Labute approximate surface area is 176 Å². The van der Waals surface area contributed by atoms with Crippen LogP contribution in [0.5, 0.6) is 5.75 Å². The highest BCUT2D eigenvalue weighted by molar-refractivity contribution is 5.95. The van der Waals surface area contributed by atoms with E-state index in [0.717, 1.165) is 38.1 Å². The highest BCUT2D eigenvalue weighted by Gasteiger charge is 2.31. The molecule has 31 heavy (non-hydrogen) atoms. The summed E-state index contributed by atoms with van der Waals surface area (Å²) in [5, 5.41) is 16.2. The zero-order valence-electron chi connectivity index (χ0n) is 16.7. The number of rotatable bonds is 7. The van der Waals surface area contributed by atoms with Crippen LogP contribution in [0.2, 0.25) is 0 Å². The van der Waals surface area contributed by atoms with Gasteiger partial charge < -0.3 is 20.3 Å². The van der Waals surface area contributed by atoms with Gasteiger partial charge in [0, 0.05) is 19.2 Å². The van der Waals surface area contributed by atoms with Crippen molar-refractivity contribution in [2.75, 3.05) is 42.3 Å². The predicted molar refractivity (Wildman–Crippen MR) is 110 cm³/mol. The summed E-state index contributed by atoms with van der Waals surface area (Å²) in [6.45, 7) is 1.15. The lowest BCUT2D eigenvalue weighted by molar-refractivity contribution is -0.384. The molecule has 3 rings (SSSR count). The molecule has 1 aliphatic rings. The number of nitro groups is 1. The van der Waals surface area contributed by atoms with Gasteiger partial charge in [-0.15, -0.1) is 0 Å². The molecule has 1 fully saturated rings. The zero-order chi connectivity index (χ0) is 22.6. The van der Waals surface area contributed by atoms with Crippen molar-refractivity contribution in [1.82, 2.24) is 0 Å². The Morgan fingerprint density at radius 1 is 1.16 bits per heavy atom. The summed E-state index contributed by atoms with van der Waals surface area (Å²) in [6.07, 6.45) is -2.61. The van der Waals surface area contributed by atoms with Crippen molar-refractivity contribution in [3.8, 4) is 5.75 Å². The topological polar surface area (TPSA) is 96.7 Å². The molecule has 8 nitrogen and oxygen atoms in total. The van der Waals surface area contributed by atoms with E-state index < -0.39 is 22.6 Å². The first-order chi connectivity index (χ1) is 14.7. The van der Waals surface area contributed by atoms with Crippen LogP contribution in [0.25, 0.3) is 0 Å². The fraction of sp³-hybridized carbons (Fsp3) is 0.350. The number of benzene rings is 2. The molecule has 0 bridgehead atoms. The monoisotopic (exact) mass is 438 g/mol. The van der Waals surface area contributed by atoms with Crippen LogP contribution in [0, 0.1) is 10.1 Å². The molecule has 166 valence electrons. The van der Waals surface area contributed by atoms with Gasteiger partial charge in [-0.05, 0) is 37.1 Å². The van der Waals surface area contributed by atoms with Crippen LogP contribution in [0.4, 0.5) is 35.9 Å². The number of hydrogen-bond donors (Lipinski definition) is 2. The van der Waals surface area contributed by atoms with Crippen molar-refractivity contribution < 1.29 is 27.6 Å². The molecule has 2 aromatic rings. The zero-order valence-corrected chi connectivity index (χ0v) is 16.7. The fourth-order valence-corrected chi connectivity index (χ4v) is 3.35. The van der Waals surface area contributed by atoms with Crippen molar-refractivity contribution in [1.29, 1.82) is 0 Å². The molecule has 1 heterocycles. The van der Waals surface area contributed by atoms with Gasteiger partial charge in [-0.25, -0.2) is 0 Å². The predicted octanol–water partition coefficient (Wildman–Crippen LogP) is 4.27. The summed E-state index contributed by atoms with van der Waals surface area (Å²) >= 11 is 0. The third kappa shape index (κ3) is 5.36. The summed E-state index contributed by atoms with van der Waals surface area (Å²) in [5.74, 6) is -0.448. The summed E-state index contributed by atoms with van der Waals surface area (Å²) in [4.78, 5) is 24.6. The molecule has 0 spiro atoms. The van der Waals surface area contributed by atoms with Gasteiger partial charge in [0.15, 0.2) is 0 Å². The van der Waals surface area contributed by atoms with Crippen molar-refractivity contribution in [2.24, 2.45) is 0 Å². The highest BCUT2D eigenvalue weighted by Crippen LogP contribution is 2.36. The Hall–Kier alpha value is -3.50. The van der Waals surface area contributed by atoms with E-state index in [1.165, 1.54) is 31.4 Å². The lowest BCUT2D eigenvalue weighted by Crippen LogP contribution is -2.25. The van der Waals surface area contributed by atoms with Gasteiger partial charge >= 0.3 is 6.18 Å². The smallest absolute Gasteiger partial charge is 0.416 e. The standard InChI is InChI=1S/C20H21F3N4O4/c1-31-18-11-14(27(29)30)5-6-15(18)25-19(28)12-24-16-10-13(20(21,22)23)4-7-17(16)26-8-2-3-9-26/h4-7,10-11,24H,2-3,8-9,12H2,1H3,(H,25,28). The lowest BCUT2D eigenvalue weighted by atomic mass is 10.1. The molecular weight excluding hydrogens is 417 g/mol. The molecule has 0 aromatic heterocycles. The molecule has 0 aliphatic carbocycles. The van der Waals surface area contributed by atoms with E-state index in [9.17, 15) is 28.1 Å². The van der Waals surface area contributed by atoms with Crippen LogP contribution in [-0.4, -0.2) is 37.6 Å². The van der Waals surface area contributed by atoms with Crippen molar-refractivity contribution in [3.63, 3.8) is 0 Å². The molecule has 1 aliphatic heterocycles. The third-order valence-electron chi connectivity index (χ3n) is 4.88. The van der Waals surface area contributed by atoms with Crippen LogP contribution in [-0.2, 0) is 11.0 Å². The molecule has 1 saturated heterocycles. The molecule has 11 heteroatoms. The number of nitro benzene ring substituents is 1. The Balaban J connectivity index is 1.75. The number of halogens is 3. The van der Waals surface area contributed by atoms with Crippen LogP contribution in [0.3, 0.4) is 0 Å². The number of amides is 1. The van der Waals surface area contributed by atoms with Gasteiger partial charge in [-0.1, -0.05) is 0 Å². The molecule has 0 atom stereocenters. The quantitative estimate of drug-likeness (QED) is 0.495. The Bertz CT molecular complexity index is 975. The Morgan fingerprint density at radius 3 is 2.48 bits per heavy atom. The first kappa shape index (κ1) is 22.2. The normalized spacial score (nSPS) is 13.7. The summed E-state index contributed by atoms with van der Waals surface area (Å²) in [6, 6.07) is 7.14. The molecule has 2 N–H and O–H groups in total. The van der Waals surface area contributed by atoms with Gasteiger partial charge in [0.1, 0.15) is 5.75 Å². The number of hydrogen-bond acceptors (Lipinski definition) is 6. The first-order valence-corrected chi connectivity index (χ1v) is 9.51. The maximum Gasteiger partial charge on any atom is 0.416 e. The first-order valence-electron chi connectivity index (χ1n) is 9.51. The van der Waals surface area contributed by atoms with Gasteiger partial charge in [0.2, 0.25) is 5.91 Å². The van der Waals surface area contributed by atoms with E-state index in [1.54, 1.807) is 0 Å². The van der Waals surface area contributed by atoms with Crippen molar-refractivity contribution in [2.45, 2.75) is 19.0 Å². The number of nitrogens with zero attached hydrogens (tertiary/aromatic N) is 2. The van der Waals surface area contributed by atoms with E-state index in [2.05, 4.69) is 10.6 Å².